The van der Waals surface area contributed by atoms with Gasteiger partial charge in [0.05, 0.1) is 0 Å². The summed E-state index contributed by atoms with van der Waals surface area (Å²) in [7, 11) is 0. The van der Waals surface area contributed by atoms with Crippen LogP contribution in [0.3, 0.4) is 0 Å². The SMILES string of the molecule is O=C1C=CC(O)(C=CC(=O)OCC2OC(Oc3ccc(O)cc3)C(OC(=O)C=CCC3(O)C=CC(=O)C=C3)C(O)C2O)C=C1. The van der Waals surface area contributed by atoms with Crippen molar-refractivity contribution in [3.63, 3.8) is 0 Å². The van der Waals surface area contributed by atoms with Gasteiger partial charge in [0.1, 0.15) is 47.6 Å². The van der Waals surface area contributed by atoms with Gasteiger partial charge in [0.2, 0.25) is 6.29 Å². The van der Waals surface area contributed by atoms with Crippen molar-refractivity contribution in [2.75, 3.05) is 6.61 Å². The van der Waals surface area contributed by atoms with Gasteiger partial charge in [-0.05, 0) is 78.9 Å². The number of carbonyl (C=O) groups is 4. The van der Waals surface area contributed by atoms with Crippen molar-refractivity contribution in [2.24, 2.45) is 0 Å². The first-order valence-electron chi connectivity index (χ1n) is 13.3. The lowest BCUT2D eigenvalue weighted by atomic mass is 9.94. The van der Waals surface area contributed by atoms with E-state index in [1.807, 2.05) is 0 Å². The number of aliphatic hydroxyl groups is 4. The molecule has 1 aliphatic heterocycles. The number of hydrogen-bond acceptors (Lipinski definition) is 13. The van der Waals surface area contributed by atoms with Crippen LogP contribution in [0.25, 0.3) is 0 Å². The molecule has 5 N–H and O–H groups in total. The van der Waals surface area contributed by atoms with Gasteiger partial charge in [-0.25, -0.2) is 9.59 Å². The maximum Gasteiger partial charge on any atom is 0.331 e. The lowest BCUT2D eigenvalue weighted by Crippen LogP contribution is -2.61. The zero-order valence-electron chi connectivity index (χ0n) is 23.0. The number of phenols is 1. The monoisotopic (exact) mass is 610 g/mol. The van der Waals surface area contributed by atoms with Gasteiger partial charge in [0.25, 0.3) is 0 Å². The first-order valence-corrected chi connectivity index (χ1v) is 13.3. The fourth-order valence-electron chi connectivity index (χ4n) is 4.21. The molecular formula is C31H30O13. The van der Waals surface area contributed by atoms with Crippen LogP contribution in [-0.2, 0) is 33.4 Å². The second kappa shape index (κ2) is 13.8. The average Bonchev–Trinajstić information content (AvgIpc) is 2.99. The van der Waals surface area contributed by atoms with Crippen molar-refractivity contribution in [3.05, 3.63) is 97.2 Å². The third-order valence-corrected chi connectivity index (χ3v) is 6.66. The number of esters is 2. The lowest BCUT2D eigenvalue weighted by Gasteiger charge is -2.41. The highest BCUT2D eigenvalue weighted by molar-refractivity contribution is 6.01. The van der Waals surface area contributed by atoms with Crippen LogP contribution in [0.5, 0.6) is 11.5 Å². The molecule has 1 aromatic carbocycles. The van der Waals surface area contributed by atoms with Gasteiger partial charge < -0.3 is 44.5 Å². The third-order valence-electron chi connectivity index (χ3n) is 6.66. The number of rotatable bonds is 10. The molecule has 0 saturated carbocycles. The number of benzene rings is 1. The normalized spacial score (nSPS) is 27.1. The van der Waals surface area contributed by atoms with E-state index in [1.54, 1.807) is 0 Å². The molecule has 0 radical (unpaired) electrons. The first kappa shape index (κ1) is 32.3. The molecule has 1 heterocycles. The predicted molar refractivity (Wildman–Crippen MR) is 150 cm³/mol. The Kier molecular flexibility index (Phi) is 10.1. The van der Waals surface area contributed by atoms with Gasteiger partial charge in [-0.1, -0.05) is 6.08 Å². The highest BCUT2D eigenvalue weighted by Gasteiger charge is 2.48. The molecule has 44 heavy (non-hydrogen) atoms. The minimum atomic E-state index is -1.78. The summed E-state index contributed by atoms with van der Waals surface area (Å²) in [6.07, 6.45) is 5.78. The van der Waals surface area contributed by atoms with Gasteiger partial charge in [0, 0.05) is 18.6 Å². The Labute approximate surface area is 250 Å². The zero-order valence-corrected chi connectivity index (χ0v) is 23.0. The largest absolute Gasteiger partial charge is 0.508 e. The van der Waals surface area contributed by atoms with E-state index in [2.05, 4.69) is 0 Å². The Hall–Kier alpha value is -4.66. The maximum absolute atomic E-state index is 12.6. The Morgan fingerprint density at radius 2 is 1.48 bits per heavy atom. The highest BCUT2D eigenvalue weighted by Crippen LogP contribution is 2.28. The molecule has 13 nitrogen and oxygen atoms in total. The van der Waals surface area contributed by atoms with E-state index >= 15 is 0 Å². The van der Waals surface area contributed by atoms with Gasteiger partial charge in [0.15, 0.2) is 17.7 Å². The van der Waals surface area contributed by atoms with Crippen molar-refractivity contribution in [1.29, 1.82) is 0 Å². The highest BCUT2D eigenvalue weighted by atomic mass is 16.7. The van der Waals surface area contributed by atoms with Crippen LogP contribution in [0.4, 0.5) is 0 Å². The van der Waals surface area contributed by atoms with Gasteiger partial charge in [-0.3, -0.25) is 9.59 Å². The molecule has 0 amide bonds. The van der Waals surface area contributed by atoms with Crippen LogP contribution < -0.4 is 4.74 Å². The molecule has 232 valence electrons. The van der Waals surface area contributed by atoms with Crippen LogP contribution in [0.15, 0.2) is 97.2 Å². The fraction of sp³-hybridized carbons (Fsp3) is 0.290. The lowest BCUT2D eigenvalue weighted by molar-refractivity contribution is -0.281. The predicted octanol–water partition coefficient (Wildman–Crippen LogP) is 0.0276. The molecule has 0 bridgehead atoms. The number of ether oxygens (including phenoxy) is 4. The summed E-state index contributed by atoms with van der Waals surface area (Å²) in [4.78, 5) is 47.4. The number of phenolic OH excluding ortho intramolecular Hbond substituents is 1. The molecular weight excluding hydrogens is 580 g/mol. The Balaban J connectivity index is 1.41. The minimum Gasteiger partial charge on any atom is -0.508 e. The van der Waals surface area contributed by atoms with Crippen LogP contribution in [0.1, 0.15) is 6.42 Å². The Bertz CT molecular complexity index is 1400. The number of carbonyl (C=O) groups excluding carboxylic acids is 4. The quantitative estimate of drug-likeness (QED) is 0.175. The maximum atomic E-state index is 12.6. The van der Waals surface area contributed by atoms with E-state index in [0.29, 0.717) is 0 Å². The second-order valence-corrected chi connectivity index (χ2v) is 10.1. The summed E-state index contributed by atoms with van der Waals surface area (Å²) < 4.78 is 21.9. The second-order valence-electron chi connectivity index (χ2n) is 10.1. The van der Waals surface area contributed by atoms with Crippen LogP contribution >= 0.6 is 0 Å². The molecule has 13 heteroatoms. The molecule has 2 aliphatic carbocycles. The van der Waals surface area contributed by atoms with E-state index in [1.165, 1.54) is 66.8 Å². The Morgan fingerprint density at radius 3 is 2.11 bits per heavy atom. The van der Waals surface area contributed by atoms with Gasteiger partial charge in [-0.2, -0.15) is 0 Å². The number of ketones is 2. The number of aromatic hydroxyl groups is 1. The van der Waals surface area contributed by atoms with Crippen molar-refractivity contribution in [2.45, 2.75) is 48.3 Å². The van der Waals surface area contributed by atoms with Crippen LogP contribution in [0.2, 0.25) is 0 Å². The van der Waals surface area contributed by atoms with Crippen LogP contribution in [0, 0.1) is 0 Å². The summed E-state index contributed by atoms with van der Waals surface area (Å²) in [5, 5.41) is 51.9. The molecule has 0 aromatic heterocycles. The van der Waals surface area contributed by atoms with Crippen LogP contribution in [-0.4, -0.2) is 97.6 Å². The fourth-order valence-corrected chi connectivity index (χ4v) is 4.21. The van der Waals surface area contributed by atoms with Crippen molar-refractivity contribution in [3.8, 4) is 11.5 Å². The standard InChI is InChI=1S/C31H30O13/c32-19-3-5-22(6-4-19)42-29-28(44-25(36)2-1-12-30(39)13-7-20(33)8-14-30)27(38)26(37)23(43-29)18-41-24(35)11-17-31(40)15-9-21(34)10-16-31/h1-11,13-17,23,26-29,32,37-40H,12,18H2. The van der Waals surface area contributed by atoms with E-state index in [9.17, 15) is 44.7 Å². The molecule has 0 spiro atoms. The molecule has 3 aliphatic rings. The molecule has 5 atom stereocenters. The van der Waals surface area contributed by atoms with E-state index in [0.717, 1.165) is 30.4 Å². The van der Waals surface area contributed by atoms with E-state index in [-0.39, 0.29) is 29.5 Å². The zero-order chi connectivity index (χ0) is 31.9. The third kappa shape index (κ3) is 8.69. The summed E-state index contributed by atoms with van der Waals surface area (Å²) in [5.41, 5.74) is -3.17. The Morgan fingerprint density at radius 1 is 0.864 bits per heavy atom. The molecule has 5 unspecified atom stereocenters. The van der Waals surface area contributed by atoms with Crippen molar-refractivity contribution >= 4 is 23.5 Å². The number of hydrogen-bond donors (Lipinski definition) is 5. The van der Waals surface area contributed by atoms with E-state index < -0.39 is 60.5 Å². The van der Waals surface area contributed by atoms with E-state index in [4.69, 9.17) is 18.9 Å². The topological polar surface area (TPSA) is 206 Å². The molecule has 1 saturated heterocycles. The van der Waals surface area contributed by atoms with Crippen molar-refractivity contribution in [1.82, 2.24) is 0 Å². The summed E-state index contributed by atoms with van der Waals surface area (Å²) in [6, 6.07) is 5.37. The number of allylic oxidation sites excluding steroid dienone is 4. The minimum absolute atomic E-state index is 0.0625. The van der Waals surface area contributed by atoms with Gasteiger partial charge in [-0.15, -0.1) is 0 Å². The molecule has 1 aromatic rings. The summed E-state index contributed by atoms with van der Waals surface area (Å²) >= 11 is 0. The van der Waals surface area contributed by atoms with Gasteiger partial charge >= 0.3 is 11.9 Å². The molecule has 1 fully saturated rings. The number of aliphatic hydroxyl groups excluding tert-OH is 2. The van der Waals surface area contributed by atoms with Crippen molar-refractivity contribution < 1.29 is 63.7 Å². The summed E-state index contributed by atoms with van der Waals surface area (Å²) in [5.74, 6) is -2.46. The average molecular weight is 611 g/mol. The molecule has 4 rings (SSSR count). The smallest absolute Gasteiger partial charge is 0.331 e. The summed E-state index contributed by atoms with van der Waals surface area (Å²) in [6.45, 7) is -0.581. The first-order chi connectivity index (χ1) is 20.8.